The van der Waals surface area contributed by atoms with Gasteiger partial charge in [-0.15, -0.1) is 0 Å². The largest absolute Gasteiger partial charge is 0.493 e. The highest BCUT2D eigenvalue weighted by molar-refractivity contribution is 6.30. The number of halogens is 1. The predicted molar refractivity (Wildman–Crippen MR) is 124 cm³/mol. The summed E-state index contributed by atoms with van der Waals surface area (Å²) >= 11 is 5.92. The number of nitrogens with zero attached hydrogens (tertiary/aromatic N) is 3. The van der Waals surface area contributed by atoms with Crippen molar-refractivity contribution < 1.29 is 14.3 Å². The van der Waals surface area contributed by atoms with Gasteiger partial charge in [0.05, 0.1) is 12.1 Å². The van der Waals surface area contributed by atoms with Crippen LogP contribution in [0.3, 0.4) is 0 Å². The van der Waals surface area contributed by atoms with Gasteiger partial charge in [0, 0.05) is 54.9 Å². The molecule has 0 atom stereocenters. The molecule has 8 heteroatoms. The molecule has 2 aromatic heterocycles. The molecule has 1 aliphatic rings. The zero-order valence-corrected chi connectivity index (χ0v) is 18.6. The van der Waals surface area contributed by atoms with Crippen LogP contribution in [-0.4, -0.2) is 36.1 Å². The molecule has 1 aliphatic heterocycles. The van der Waals surface area contributed by atoms with Crippen LogP contribution in [0.1, 0.15) is 18.4 Å². The number of piperidine rings is 1. The number of carbonyl (C=O) groups excluding carboxylic acids is 1. The smallest absolute Gasteiger partial charge is 0.227 e. The van der Waals surface area contributed by atoms with E-state index in [0.29, 0.717) is 28.8 Å². The van der Waals surface area contributed by atoms with E-state index in [-0.39, 0.29) is 11.8 Å². The van der Waals surface area contributed by atoms with Crippen molar-refractivity contribution in [2.75, 3.05) is 30.4 Å². The summed E-state index contributed by atoms with van der Waals surface area (Å²) in [5.41, 5.74) is 1.63. The number of carbonyl (C=O) groups is 1. The van der Waals surface area contributed by atoms with Gasteiger partial charge in [-0.1, -0.05) is 17.7 Å². The van der Waals surface area contributed by atoms with E-state index in [9.17, 15) is 4.79 Å². The Kier molecular flexibility index (Phi) is 7.07. The Balaban J connectivity index is 1.35. The minimum atomic E-state index is -0.0552. The monoisotopic (exact) mass is 452 g/mol. The molecule has 0 spiro atoms. The molecule has 3 aromatic rings. The van der Waals surface area contributed by atoms with Crippen molar-refractivity contribution in [3.8, 4) is 11.5 Å². The number of hydrogen-bond acceptors (Lipinski definition) is 6. The van der Waals surface area contributed by atoms with Crippen LogP contribution in [0, 0.1) is 5.92 Å². The molecule has 0 aliphatic carbocycles. The number of aromatic nitrogens is 2. The van der Waals surface area contributed by atoms with Gasteiger partial charge in [-0.05, 0) is 43.2 Å². The number of anilines is 2. The highest BCUT2D eigenvalue weighted by Gasteiger charge is 2.26. The Hall–Kier alpha value is -3.32. The number of nitrogens with one attached hydrogen (secondary N) is 1. The summed E-state index contributed by atoms with van der Waals surface area (Å²) in [5, 5.41) is 3.64. The zero-order valence-electron chi connectivity index (χ0n) is 17.8. The fraction of sp³-hybridized carbons (Fsp3) is 0.292. The van der Waals surface area contributed by atoms with E-state index in [4.69, 9.17) is 21.1 Å². The highest BCUT2D eigenvalue weighted by atomic mass is 35.5. The van der Waals surface area contributed by atoms with E-state index < -0.39 is 0 Å². The van der Waals surface area contributed by atoms with Crippen LogP contribution in [0.4, 0.5) is 11.5 Å². The van der Waals surface area contributed by atoms with E-state index in [2.05, 4.69) is 20.2 Å². The van der Waals surface area contributed by atoms with Crippen LogP contribution in [0.15, 0.2) is 61.1 Å². The van der Waals surface area contributed by atoms with E-state index in [1.54, 1.807) is 37.8 Å². The quantitative estimate of drug-likeness (QED) is 0.565. The first kappa shape index (κ1) is 21.9. The van der Waals surface area contributed by atoms with Gasteiger partial charge >= 0.3 is 0 Å². The lowest BCUT2D eigenvalue weighted by molar-refractivity contribution is -0.120. The van der Waals surface area contributed by atoms with Gasteiger partial charge in [0.15, 0.2) is 11.5 Å². The van der Waals surface area contributed by atoms with Gasteiger partial charge in [0.25, 0.3) is 0 Å². The van der Waals surface area contributed by atoms with Crippen LogP contribution in [0.25, 0.3) is 0 Å². The van der Waals surface area contributed by atoms with Crippen molar-refractivity contribution >= 4 is 29.0 Å². The predicted octanol–water partition coefficient (Wildman–Crippen LogP) is 4.57. The number of methoxy groups -OCH3 is 1. The maximum absolute atomic E-state index is 12.9. The first-order valence-corrected chi connectivity index (χ1v) is 10.9. The molecule has 7 nitrogen and oxygen atoms in total. The van der Waals surface area contributed by atoms with Crippen molar-refractivity contribution in [1.29, 1.82) is 0 Å². The van der Waals surface area contributed by atoms with Gasteiger partial charge in [-0.2, -0.15) is 0 Å². The summed E-state index contributed by atoms with van der Waals surface area (Å²) < 4.78 is 11.3. The second-order valence-corrected chi connectivity index (χ2v) is 8.04. The van der Waals surface area contributed by atoms with Gasteiger partial charge in [0.2, 0.25) is 5.91 Å². The SMILES string of the molecule is COc1ccc(NC(=O)C2CCN(c3ccc(Cl)cn3)CC2)cc1OCc1cccnc1. The lowest BCUT2D eigenvalue weighted by atomic mass is 9.95. The molecule has 1 N–H and O–H groups in total. The molecule has 32 heavy (non-hydrogen) atoms. The first-order chi connectivity index (χ1) is 15.6. The molecule has 3 heterocycles. The first-order valence-electron chi connectivity index (χ1n) is 10.5. The summed E-state index contributed by atoms with van der Waals surface area (Å²) in [6, 6.07) is 13.0. The molecular formula is C24H25ClN4O3. The second kappa shape index (κ2) is 10.3. The lowest BCUT2D eigenvalue weighted by Gasteiger charge is -2.32. The number of rotatable bonds is 7. The Morgan fingerprint density at radius 3 is 2.69 bits per heavy atom. The molecule has 1 amide bonds. The Morgan fingerprint density at radius 2 is 2.00 bits per heavy atom. The van der Waals surface area contributed by atoms with Crippen molar-refractivity contribution in [3.05, 3.63) is 71.6 Å². The molecule has 4 rings (SSSR count). The summed E-state index contributed by atoms with van der Waals surface area (Å²) in [6.45, 7) is 1.91. The molecule has 166 valence electrons. The van der Waals surface area contributed by atoms with E-state index in [0.717, 1.165) is 37.3 Å². The maximum Gasteiger partial charge on any atom is 0.227 e. The number of amides is 1. The number of hydrogen-bond donors (Lipinski definition) is 1. The van der Waals surface area contributed by atoms with E-state index >= 15 is 0 Å². The topological polar surface area (TPSA) is 76.6 Å². The minimum absolute atomic E-state index is 0.0112. The normalized spacial score (nSPS) is 14.1. The Bertz CT molecular complexity index is 1040. The standard InChI is InChI=1S/C24H25ClN4O3/c1-31-21-6-5-20(13-22(21)32-16-17-3-2-10-26-14-17)28-24(30)18-8-11-29(12-9-18)23-7-4-19(25)15-27-23/h2-7,10,13-15,18H,8-9,11-12,16H2,1H3,(H,28,30). The summed E-state index contributed by atoms with van der Waals surface area (Å²) in [4.78, 5) is 23.5. The molecule has 1 fully saturated rings. The Morgan fingerprint density at radius 1 is 1.16 bits per heavy atom. The van der Waals surface area contributed by atoms with Crippen LogP contribution < -0.4 is 19.7 Å². The van der Waals surface area contributed by atoms with Gasteiger partial charge in [-0.3, -0.25) is 9.78 Å². The van der Waals surface area contributed by atoms with Crippen LogP contribution in [-0.2, 0) is 11.4 Å². The van der Waals surface area contributed by atoms with Crippen molar-refractivity contribution in [3.63, 3.8) is 0 Å². The van der Waals surface area contributed by atoms with Gasteiger partial charge < -0.3 is 19.7 Å². The molecule has 0 unspecified atom stereocenters. The summed E-state index contributed by atoms with van der Waals surface area (Å²) in [7, 11) is 1.59. The third-order valence-corrected chi connectivity index (χ3v) is 5.67. The molecule has 1 saturated heterocycles. The van der Waals surface area contributed by atoms with Gasteiger partial charge in [-0.25, -0.2) is 4.98 Å². The number of pyridine rings is 2. The average Bonchev–Trinajstić information content (AvgIpc) is 2.84. The Labute approximate surface area is 192 Å². The average molecular weight is 453 g/mol. The maximum atomic E-state index is 12.9. The van der Waals surface area contributed by atoms with Crippen molar-refractivity contribution in [2.24, 2.45) is 5.92 Å². The summed E-state index contributed by atoms with van der Waals surface area (Å²) in [5.74, 6) is 2.02. The third-order valence-electron chi connectivity index (χ3n) is 5.45. The number of ether oxygens (including phenoxy) is 2. The zero-order chi connectivity index (χ0) is 22.3. The molecule has 0 saturated carbocycles. The number of benzene rings is 1. The molecular weight excluding hydrogens is 428 g/mol. The minimum Gasteiger partial charge on any atom is -0.493 e. The highest BCUT2D eigenvalue weighted by Crippen LogP contribution is 2.32. The fourth-order valence-electron chi connectivity index (χ4n) is 3.68. The van der Waals surface area contributed by atoms with Crippen LogP contribution >= 0.6 is 11.6 Å². The van der Waals surface area contributed by atoms with E-state index in [1.807, 2.05) is 30.3 Å². The summed E-state index contributed by atoms with van der Waals surface area (Å²) in [6.07, 6.45) is 6.64. The van der Waals surface area contributed by atoms with Crippen molar-refractivity contribution in [1.82, 2.24) is 9.97 Å². The molecule has 0 bridgehead atoms. The molecule has 0 radical (unpaired) electrons. The lowest BCUT2D eigenvalue weighted by Crippen LogP contribution is -2.38. The molecule has 1 aromatic carbocycles. The van der Waals surface area contributed by atoms with E-state index in [1.165, 1.54) is 0 Å². The van der Waals surface area contributed by atoms with Gasteiger partial charge in [0.1, 0.15) is 12.4 Å². The van der Waals surface area contributed by atoms with Crippen molar-refractivity contribution in [2.45, 2.75) is 19.4 Å². The third kappa shape index (κ3) is 5.48. The fourth-order valence-corrected chi connectivity index (χ4v) is 3.79. The second-order valence-electron chi connectivity index (χ2n) is 7.60. The van der Waals surface area contributed by atoms with Crippen LogP contribution in [0.5, 0.6) is 11.5 Å². The van der Waals surface area contributed by atoms with Crippen LogP contribution in [0.2, 0.25) is 5.02 Å².